The van der Waals surface area contributed by atoms with E-state index >= 15 is 0 Å². The highest BCUT2D eigenvalue weighted by atomic mass is 32.2. The van der Waals surface area contributed by atoms with E-state index in [2.05, 4.69) is 34.6 Å². The first-order valence-electron chi connectivity index (χ1n) is 10.4. The Balaban J connectivity index is 1.41. The number of hydrogen-bond donors (Lipinski definition) is 0. The van der Waals surface area contributed by atoms with E-state index in [9.17, 15) is 4.79 Å². The number of piperidine rings is 1. The van der Waals surface area contributed by atoms with E-state index in [-0.39, 0.29) is 5.97 Å². The number of unbranched alkanes of at least 4 members (excludes halogenated alkanes) is 1. The second-order valence-corrected chi connectivity index (χ2v) is 8.87. The molecule has 0 spiro atoms. The average Bonchev–Trinajstić information content (AvgIpc) is 3.06. The number of thioether (sulfide) groups is 1. The maximum Gasteiger partial charge on any atom is 0.341 e. The first-order valence-corrected chi connectivity index (χ1v) is 11.4. The Morgan fingerprint density at radius 1 is 1.22 bits per heavy atom. The minimum atomic E-state index is -0.136. The number of aryl methyl sites for hydroxylation is 1. The largest absolute Gasteiger partial charge is 0.462 e. The van der Waals surface area contributed by atoms with Crippen LogP contribution in [0.2, 0.25) is 0 Å². The average molecular weight is 387 g/mol. The molecule has 1 saturated heterocycles. The topological polar surface area (TPSA) is 34.5 Å². The quantitative estimate of drug-likeness (QED) is 0.668. The van der Waals surface area contributed by atoms with E-state index in [4.69, 9.17) is 4.74 Å². The summed E-state index contributed by atoms with van der Waals surface area (Å²) in [5.74, 6) is 1.44. The van der Waals surface area contributed by atoms with Crippen molar-refractivity contribution in [2.75, 3.05) is 32.0 Å². The maximum absolute atomic E-state index is 13.0. The van der Waals surface area contributed by atoms with Crippen LogP contribution in [0.15, 0.2) is 29.3 Å². The number of esters is 1. The summed E-state index contributed by atoms with van der Waals surface area (Å²) in [4.78, 5) is 15.5. The summed E-state index contributed by atoms with van der Waals surface area (Å²) >= 11 is 1.79. The Hall–Kier alpha value is -1.46. The van der Waals surface area contributed by atoms with Crippen LogP contribution in [0.3, 0.4) is 0 Å². The Kier molecular flexibility index (Phi) is 6.08. The number of rotatable bonds is 6. The third-order valence-corrected chi connectivity index (χ3v) is 7.07. The lowest BCUT2D eigenvalue weighted by Crippen LogP contribution is -2.36. The second kappa shape index (κ2) is 8.70. The van der Waals surface area contributed by atoms with Crippen molar-refractivity contribution in [1.82, 2.24) is 9.47 Å². The summed E-state index contributed by atoms with van der Waals surface area (Å²) in [5.41, 5.74) is 1.95. The van der Waals surface area contributed by atoms with Crippen molar-refractivity contribution < 1.29 is 9.53 Å². The first kappa shape index (κ1) is 18.9. The van der Waals surface area contributed by atoms with Crippen molar-refractivity contribution in [3.8, 4) is 0 Å². The molecule has 4 rings (SSSR count). The number of para-hydroxylation sites is 1. The number of carbonyl (C=O) groups excluding carboxylic acids is 1. The van der Waals surface area contributed by atoms with Crippen LogP contribution in [0.1, 0.15) is 49.4 Å². The molecular weight excluding hydrogens is 356 g/mol. The fourth-order valence-corrected chi connectivity index (χ4v) is 5.41. The third-order valence-electron chi connectivity index (χ3n) is 5.88. The number of ether oxygens (including phenoxy) is 1. The zero-order valence-corrected chi connectivity index (χ0v) is 17.1. The van der Waals surface area contributed by atoms with Gasteiger partial charge >= 0.3 is 5.97 Å². The van der Waals surface area contributed by atoms with Gasteiger partial charge in [0.1, 0.15) is 0 Å². The number of carbonyl (C=O) groups is 1. The minimum Gasteiger partial charge on any atom is -0.462 e. The van der Waals surface area contributed by atoms with Gasteiger partial charge in [-0.3, -0.25) is 0 Å². The molecule has 0 aliphatic carbocycles. The molecular formula is C22H30N2O2S. The monoisotopic (exact) mass is 386 g/mol. The normalized spacial score (nSPS) is 18.6. The molecule has 0 saturated carbocycles. The fourth-order valence-electron chi connectivity index (χ4n) is 4.26. The number of benzene rings is 1. The number of likely N-dealkylation sites (tertiary alicyclic amines) is 1. The van der Waals surface area contributed by atoms with Crippen molar-refractivity contribution >= 4 is 28.6 Å². The predicted molar refractivity (Wildman–Crippen MR) is 112 cm³/mol. The molecule has 3 heterocycles. The molecule has 1 fully saturated rings. The number of aromatic nitrogens is 1. The van der Waals surface area contributed by atoms with Crippen molar-refractivity contribution in [3.05, 3.63) is 29.8 Å². The lowest BCUT2D eigenvalue weighted by Gasteiger charge is -2.31. The highest BCUT2D eigenvalue weighted by molar-refractivity contribution is 7.99. The van der Waals surface area contributed by atoms with Gasteiger partial charge in [-0.1, -0.05) is 31.5 Å². The molecule has 0 unspecified atom stereocenters. The van der Waals surface area contributed by atoms with Crippen LogP contribution in [0, 0.1) is 5.92 Å². The minimum absolute atomic E-state index is 0.136. The zero-order valence-electron chi connectivity index (χ0n) is 16.3. The van der Waals surface area contributed by atoms with E-state index in [0.717, 1.165) is 66.1 Å². The fraction of sp³-hybridized carbons (Fsp3) is 0.591. The smallest absolute Gasteiger partial charge is 0.341 e. The predicted octanol–water partition coefficient (Wildman–Crippen LogP) is 4.81. The number of fused-ring (bicyclic) bond motifs is 3. The molecule has 1 aromatic heterocycles. The van der Waals surface area contributed by atoms with Gasteiger partial charge in [-0.25, -0.2) is 4.79 Å². The third kappa shape index (κ3) is 4.04. The van der Waals surface area contributed by atoms with Gasteiger partial charge in [0, 0.05) is 23.2 Å². The van der Waals surface area contributed by atoms with Gasteiger partial charge in [0.2, 0.25) is 0 Å². The van der Waals surface area contributed by atoms with Crippen LogP contribution in [-0.4, -0.2) is 47.4 Å². The molecule has 1 aromatic carbocycles. The molecule has 4 nitrogen and oxygen atoms in total. The van der Waals surface area contributed by atoms with Gasteiger partial charge in [0.15, 0.2) is 0 Å². The van der Waals surface area contributed by atoms with Crippen LogP contribution in [0.5, 0.6) is 0 Å². The summed E-state index contributed by atoms with van der Waals surface area (Å²) in [6.07, 6.45) is 5.97. The highest BCUT2D eigenvalue weighted by Crippen LogP contribution is 2.37. The molecule has 2 aromatic rings. The van der Waals surface area contributed by atoms with E-state index in [1.54, 1.807) is 11.8 Å². The first-order chi connectivity index (χ1) is 13.3. The summed E-state index contributed by atoms with van der Waals surface area (Å²) < 4.78 is 8.13. The standard InChI is InChI=1S/C22H30N2O2S/c1-2-3-11-23-13-9-17(10-14-23)16-26-22(25)20-18-7-4-5-8-19(18)24-12-6-15-27-21(20)24/h4-5,7-8,17H,2-3,6,9-16H2,1H3. The van der Waals surface area contributed by atoms with Gasteiger partial charge in [-0.05, 0) is 57.3 Å². The lowest BCUT2D eigenvalue weighted by molar-refractivity contribution is 0.0369. The van der Waals surface area contributed by atoms with Gasteiger partial charge in [0.25, 0.3) is 0 Å². The Morgan fingerprint density at radius 3 is 2.85 bits per heavy atom. The highest BCUT2D eigenvalue weighted by Gasteiger charge is 2.27. The maximum atomic E-state index is 13.0. The van der Waals surface area contributed by atoms with Crippen molar-refractivity contribution in [2.24, 2.45) is 5.92 Å². The van der Waals surface area contributed by atoms with E-state index in [1.807, 2.05) is 6.07 Å². The zero-order chi connectivity index (χ0) is 18.6. The van der Waals surface area contributed by atoms with Crippen molar-refractivity contribution in [2.45, 2.75) is 50.6 Å². The van der Waals surface area contributed by atoms with E-state index in [0.29, 0.717) is 12.5 Å². The van der Waals surface area contributed by atoms with Crippen molar-refractivity contribution in [1.29, 1.82) is 0 Å². The van der Waals surface area contributed by atoms with Gasteiger partial charge in [0.05, 0.1) is 17.2 Å². The summed E-state index contributed by atoms with van der Waals surface area (Å²) in [7, 11) is 0. The van der Waals surface area contributed by atoms with Crippen molar-refractivity contribution in [3.63, 3.8) is 0 Å². The lowest BCUT2D eigenvalue weighted by atomic mass is 9.97. The van der Waals surface area contributed by atoms with Crippen LogP contribution in [0.4, 0.5) is 0 Å². The Bertz CT molecular complexity index is 793. The molecule has 0 bridgehead atoms. The molecule has 146 valence electrons. The molecule has 2 aliphatic heterocycles. The second-order valence-electron chi connectivity index (χ2n) is 7.79. The molecule has 2 aliphatic rings. The molecule has 0 atom stereocenters. The molecule has 0 amide bonds. The summed E-state index contributed by atoms with van der Waals surface area (Å²) in [6, 6.07) is 8.25. The van der Waals surface area contributed by atoms with E-state index in [1.165, 1.54) is 19.4 Å². The SMILES string of the molecule is CCCCN1CCC(COC(=O)c2c3n(c4ccccc24)CCCS3)CC1. The summed E-state index contributed by atoms with van der Waals surface area (Å²) in [5, 5.41) is 2.14. The Labute approximate surface area is 166 Å². The number of hydrogen-bond acceptors (Lipinski definition) is 4. The molecule has 0 N–H and O–H groups in total. The van der Waals surface area contributed by atoms with Crippen LogP contribution < -0.4 is 0 Å². The van der Waals surface area contributed by atoms with Gasteiger partial charge in [-0.2, -0.15) is 0 Å². The van der Waals surface area contributed by atoms with Crippen LogP contribution in [-0.2, 0) is 11.3 Å². The van der Waals surface area contributed by atoms with Gasteiger partial charge < -0.3 is 14.2 Å². The molecule has 5 heteroatoms. The van der Waals surface area contributed by atoms with Crippen LogP contribution >= 0.6 is 11.8 Å². The molecule has 27 heavy (non-hydrogen) atoms. The summed E-state index contributed by atoms with van der Waals surface area (Å²) in [6.45, 7) is 7.29. The van der Waals surface area contributed by atoms with E-state index < -0.39 is 0 Å². The van der Waals surface area contributed by atoms with Gasteiger partial charge in [-0.15, -0.1) is 11.8 Å². The Morgan fingerprint density at radius 2 is 2.04 bits per heavy atom. The number of nitrogens with zero attached hydrogens (tertiary/aromatic N) is 2. The molecule has 0 radical (unpaired) electrons. The van der Waals surface area contributed by atoms with Crippen LogP contribution in [0.25, 0.3) is 10.9 Å².